The average Bonchev–Trinajstić information content (AvgIpc) is 2.79. The maximum absolute atomic E-state index is 12.2. The molecule has 1 atom stereocenters. The summed E-state index contributed by atoms with van der Waals surface area (Å²) in [5.41, 5.74) is 0.360. The van der Waals surface area contributed by atoms with Crippen molar-refractivity contribution in [2.75, 3.05) is 39.6 Å². The lowest BCUT2D eigenvalue weighted by atomic mass is 10.2. The first-order chi connectivity index (χ1) is 15.5. The number of rotatable bonds is 19. The van der Waals surface area contributed by atoms with Gasteiger partial charge in [0, 0.05) is 31.8 Å². The zero-order chi connectivity index (χ0) is 23.4. The van der Waals surface area contributed by atoms with E-state index in [1.165, 1.54) is 0 Å². The van der Waals surface area contributed by atoms with Crippen molar-refractivity contribution in [1.29, 1.82) is 0 Å². The van der Waals surface area contributed by atoms with Crippen LogP contribution in [0.4, 0.5) is 0 Å². The highest BCUT2D eigenvalue weighted by molar-refractivity contribution is 5.86. The van der Waals surface area contributed by atoms with Crippen molar-refractivity contribution >= 4 is 11.9 Å². The lowest BCUT2D eigenvalue weighted by Gasteiger charge is -2.19. The van der Waals surface area contributed by atoms with Gasteiger partial charge in [0.05, 0.1) is 13.2 Å². The van der Waals surface area contributed by atoms with Crippen LogP contribution in [0.2, 0.25) is 0 Å². The van der Waals surface area contributed by atoms with E-state index in [-0.39, 0.29) is 32.2 Å². The van der Waals surface area contributed by atoms with Crippen LogP contribution in [0.15, 0.2) is 42.5 Å². The third-order valence-electron chi connectivity index (χ3n) is 4.31. The molecule has 7 heteroatoms. The SMILES string of the molecule is C=C(C)C(=O)OCCCCC(=O)OC(COCCCCOCCC)COc1ccccc1. The molecule has 180 valence electrons. The maximum atomic E-state index is 12.2. The summed E-state index contributed by atoms with van der Waals surface area (Å²) in [5.74, 6) is -0.0322. The van der Waals surface area contributed by atoms with Gasteiger partial charge in [-0.25, -0.2) is 4.79 Å². The monoisotopic (exact) mass is 450 g/mol. The number of hydrogen-bond donors (Lipinski definition) is 0. The summed E-state index contributed by atoms with van der Waals surface area (Å²) in [4.78, 5) is 23.6. The minimum Gasteiger partial charge on any atom is -0.490 e. The Morgan fingerprint density at radius 3 is 2.28 bits per heavy atom. The minimum absolute atomic E-state index is 0.214. The van der Waals surface area contributed by atoms with E-state index in [2.05, 4.69) is 13.5 Å². The van der Waals surface area contributed by atoms with Crippen LogP contribution < -0.4 is 4.74 Å². The second-order valence-corrected chi connectivity index (χ2v) is 7.50. The first-order valence-corrected chi connectivity index (χ1v) is 11.4. The molecule has 0 N–H and O–H groups in total. The summed E-state index contributed by atoms with van der Waals surface area (Å²) in [6, 6.07) is 9.37. The Morgan fingerprint density at radius 2 is 1.59 bits per heavy atom. The van der Waals surface area contributed by atoms with Gasteiger partial charge in [-0.05, 0) is 51.2 Å². The van der Waals surface area contributed by atoms with E-state index in [9.17, 15) is 9.59 Å². The number of carbonyl (C=O) groups excluding carboxylic acids is 2. The fourth-order valence-electron chi connectivity index (χ4n) is 2.60. The molecule has 1 aromatic carbocycles. The van der Waals surface area contributed by atoms with Gasteiger partial charge in [-0.15, -0.1) is 0 Å². The molecular formula is C25H38O7. The number of benzene rings is 1. The standard InChI is InChI=1S/C25H38O7/c1-4-15-28-16-10-11-17-29-19-23(20-31-22-12-6-5-7-13-22)32-24(26)14-8-9-18-30-25(27)21(2)3/h5-7,12-13,23H,2,4,8-11,14-20H2,1,3H3. The first kappa shape index (κ1) is 27.7. The molecular weight excluding hydrogens is 412 g/mol. The zero-order valence-electron chi connectivity index (χ0n) is 19.5. The number of carbonyl (C=O) groups is 2. The third-order valence-corrected chi connectivity index (χ3v) is 4.31. The molecule has 1 rings (SSSR count). The Balaban J connectivity index is 2.31. The van der Waals surface area contributed by atoms with Crippen LogP contribution in [0.25, 0.3) is 0 Å². The Morgan fingerprint density at radius 1 is 0.906 bits per heavy atom. The van der Waals surface area contributed by atoms with Crippen molar-refractivity contribution in [3.05, 3.63) is 42.5 Å². The molecule has 0 amide bonds. The van der Waals surface area contributed by atoms with Gasteiger partial charge in [0.25, 0.3) is 0 Å². The van der Waals surface area contributed by atoms with Crippen molar-refractivity contribution in [2.45, 2.75) is 58.5 Å². The summed E-state index contributed by atoms with van der Waals surface area (Å²) in [5, 5.41) is 0. The number of para-hydroxylation sites is 1. The number of esters is 2. The molecule has 0 saturated heterocycles. The second-order valence-electron chi connectivity index (χ2n) is 7.50. The van der Waals surface area contributed by atoms with Crippen LogP contribution in [0.1, 0.15) is 52.4 Å². The maximum Gasteiger partial charge on any atom is 0.333 e. The Bertz CT molecular complexity index is 645. The molecule has 0 saturated carbocycles. The van der Waals surface area contributed by atoms with Crippen molar-refractivity contribution in [2.24, 2.45) is 0 Å². The molecule has 0 aliphatic heterocycles. The molecule has 0 aromatic heterocycles. The van der Waals surface area contributed by atoms with Gasteiger partial charge in [0.1, 0.15) is 12.4 Å². The number of ether oxygens (including phenoxy) is 5. The Hall–Kier alpha value is -2.38. The number of hydrogen-bond acceptors (Lipinski definition) is 7. The topological polar surface area (TPSA) is 80.3 Å². The van der Waals surface area contributed by atoms with E-state index in [4.69, 9.17) is 23.7 Å². The summed E-state index contributed by atoms with van der Waals surface area (Å²) in [6.45, 7) is 10.0. The Labute approximate surface area is 192 Å². The fourth-order valence-corrected chi connectivity index (χ4v) is 2.60. The van der Waals surface area contributed by atoms with Gasteiger partial charge < -0.3 is 23.7 Å². The van der Waals surface area contributed by atoms with E-state index >= 15 is 0 Å². The molecule has 7 nitrogen and oxygen atoms in total. The van der Waals surface area contributed by atoms with Crippen LogP contribution in [0, 0.1) is 0 Å². The van der Waals surface area contributed by atoms with E-state index in [1.807, 2.05) is 30.3 Å². The predicted molar refractivity (Wildman–Crippen MR) is 123 cm³/mol. The highest BCUT2D eigenvalue weighted by Gasteiger charge is 2.16. The van der Waals surface area contributed by atoms with Crippen molar-refractivity contribution in [3.63, 3.8) is 0 Å². The van der Waals surface area contributed by atoms with Crippen LogP contribution in [0.5, 0.6) is 5.75 Å². The van der Waals surface area contributed by atoms with Gasteiger partial charge in [0.15, 0.2) is 6.10 Å². The fraction of sp³-hybridized carbons (Fsp3) is 0.600. The quantitative estimate of drug-likeness (QED) is 0.174. The van der Waals surface area contributed by atoms with Gasteiger partial charge in [-0.3, -0.25) is 4.79 Å². The summed E-state index contributed by atoms with van der Waals surface area (Å²) >= 11 is 0. The molecule has 0 spiro atoms. The van der Waals surface area contributed by atoms with E-state index < -0.39 is 12.1 Å². The number of unbranched alkanes of at least 4 members (excludes halogenated alkanes) is 2. The average molecular weight is 451 g/mol. The van der Waals surface area contributed by atoms with Crippen LogP contribution in [0.3, 0.4) is 0 Å². The second kappa shape index (κ2) is 18.2. The first-order valence-electron chi connectivity index (χ1n) is 11.4. The molecule has 1 unspecified atom stereocenters. The third kappa shape index (κ3) is 14.6. The molecule has 0 aliphatic carbocycles. The van der Waals surface area contributed by atoms with Gasteiger partial charge in [-0.2, -0.15) is 0 Å². The van der Waals surface area contributed by atoms with Crippen molar-refractivity contribution < 1.29 is 33.3 Å². The smallest absolute Gasteiger partial charge is 0.333 e. The molecule has 0 radical (unpaired) electrons. The zero-order valence-corrected chi connectivity index (χ0v) is 19.5. The van der Waals surface area contributed by atoms with Crippen molar-refractivity contribution in [1.82, 2.24) is 0 Å². The van der Waals surface area contributed by atoms with Crippen molar-refractivity contribution in [3.8, 4) is 5.75 Å². The van der Waals surface area contributed by atoms with Crippen LogP contribution >= 0.6 is 0 Å². The van der Waals surface area contributed by atoms with E-state index in [0.29, 0.717) is 30.8 Å². The molecule has 0 heterocycles. The van der Waals surface area contributed by atoms with Crippen LogP contribution in [-0.2, 0) is 28.5 Å². The van der Waals surface area contributed by atoms with Gasteiger partial charge >= 0.3 is 11.9 Å². The summed E-state index contributed by atoms with van der Waals surface area (Å²) < 4.78 is 27.5. The Kier molecular flexibility index (Phi) is 15.7. The normalized spacial score (nSPS) is 11.6. The predicted octanol–water partition coefficient (Wildman–Crippen LogP) is 4.49. The van der Waals surface area contributed by atoms with Gasteiger partial charge in [-0.1, -0.05) is 31.7 Å². The van der Waals surface area contributed by atoms with Gasteiger partial charge in [0.2, 0.25) is 0 Å². The largest absolute Gasteiger partial charge is 0.490 e. The van der Waals surface area contributed by atoms with Crippen LogP contribution in [-0.4, -0.2) is 57.7 Å². The summed E-state index contributed by atoms with van der Waals surface area (Å²) in [6.07, 6.45) is 3.71. The summed E-state index contributed by atoms with van der Waals surface area (Å²) in [7, 11) is 0. The molecule has 0 fully saturated rings. The lowest BCUT2D eigenvalue weighted by molar-refractivity contribution is -0.154. The highest BCUT2D eigenvalue weighted by atomic mass is 16.6. The molecule has 0 bridgehead atoms. The molecule has 0 aliphatic rings. The lowest BCUT2D eigenvalue weighted by Crippen LogP contribution is -2.30. The van der Waals surface area contributed by atoms with E-state index in [0.717, 1.165) is 32.5 Å². The molecule has 1 aromatic rings. The van der Waals surface area contributed by atoms with E-state index in [1.54, 1.807) is 6.92 Å². The molecule has 32 heavy (non-hydrogen) atoms. The minimum atomic E-state index is -0.500. The highest BCUT2D eigenvalue weighted by Crippen LogP contribution is 2.11.